The van der Waals surface area contributed by atoms with Crippen LogP contribution in [0.25, 0.3) is 22.6 Å². The summed E-state index contributed by atoms with van der Waals surface area (Å²) >= 11 is 0. The van der Waals surface area contributed by atoms with Gasteiger partial charge in [-0.1, -0.05) is 24.3 Å². The maximum atomic E-state index is 13.5. The van der Waals surface area contributed by atoms with Gasteiger partial charge in [-0.2, -0.15) is 13.2 Å². The topological polar surface area (TPSA) is 74.5 Å². The first-order valence-electron chi connectivity index (χ1n) is 11.4. The van der Waals surface area contributed by atoms with Crippen LogP contribution in [-0.4, -0.2) is 35.1 Å². The van der Waals surface area contributed by atoms with E-state index in [2.05, 4.69) is 20.2 Å². The second-order valence-electron chi connectivity index (χ2n) is 8.75. The molecule has 2 aliphatic rings. The van der Waals surface area contributed by atoms with Gasteiger partial charge >= 0.3 is 12.2 Å². The SMILES string of the molecule is O=C(Nc1cccc(-c2cnco2)c1)N1c2nc(-c3cccc(C(F)(F)F)c3)ccc2N2CC[C@H]1C2. The van der Waals surface area contributed by atoms with Crippen molar-refractivity contribution in [1.29, 1.82) is 0 Å². The molecule has 182 valence electrons. The fourth-order valence-corrected chi connectivity index (χ4v) is 4.78. The standard InChI is InChI=1S/C26H20F3N5O2/c27-26(28,29)18-5-1-3-16(11-18)21-7-8-22-24(32-21)34(20-9-10-33(22)14-20)25(35)31-19-6-2-4-17(12-19)23-13-30-15-36-23/h1-8,11-13,15,20H,9-10,14H2,(H,31,35)/t20-/m0/s1. The highest BCUT2D eigenvalue weighted by Crippen LogP contribution is 2.41. The van der Waals surface area contributed by atoms with Crippen molar-refractivity contribution in [3.8, 4) is 22.6 Å². The number of anilines is 3. The third-order valence-electron chi connectivity index (χ3n) is 6.49. The normalized spacial score (nSPS) is 16.7. The molecule has 2 aromatic carbocycles. The first-order chi connectivity index (χ1) is 17.4. The number of rotatable bonds is 3. The number of nitrogens with one attached hydrogen (secondary N) is 1. The molecule has 7 nitrogen and oxygen atoms in total. The minimum atomic E-state index is -4.46. The van der Waals surface area contributed by atoms with Crippen LogP contribution in [-0.2, 0) is 6.18 Å². The number of hydrogen-bond acceptors (Lipinski definition) is 5. The van der Waals surface area contributed by atoms with Crippen molar-refractivity contribution in [2.45, 2.75) is 18.6 Å². The predicted molar refractivity (Wildman–Crippen MR) is 129 cm³/mol. The van der Waals surface area contributed by atoms with Crippen molar-refractivity contribution in [2.75, 3.05) is 28.2 Å². The van der Waals surface area contributed by atoms with Gasteiger partial charge in [0.2, 0.25) is 0 Å². The summed E-state index contributed by atoms with van der Waals surface area (Å²) in [6.07, 6.45) is -0.763. The zero-order chi connectivity index (χ0) is 24.9. The van der Waals surface area contributed by atoms with Gasteiger partial charge in [0.25, 0.3) is 0 Å². The molecule has 2 amide bonds. The number of aromatic nitrogens is 2. The number of alkyl halides is 3. The molecule has 0 aliphatic carbocycles. The molecular weight excluding hydrogens is 471 g/mol. The molecule has 2 bridgehead atoms. The summed E-state index contributed by atoms with van der Waals surface area (Å²) in [7, 11) is 0. The lowest BCUT2D eigenvalue weighted by molar-refractivity contribution is -0.137. The fourth-order valence-electron chi connectivity index (χ4n) is 4.78. The van der Waals surface area contributed by atoms with Gasteiger partial charge in [-0.3, -0.25) is 4.90 Å². The lowest BCUT2D eigenvalue weighted by atomic mass is 10.1. The summed E-state index contributed by atoms with van der Waals surface area (Å²) in [5.41, 5.74) is 2.08. The van der Waals surface area contributed by atoms with Crippen LogP contribution in [0.2, 0.25) is 0 Å². The van der Waals surface area contributed by atoms with Crippen molar-refractivity contribution in [3.05, 3.63) is 78.8 Å². The molecule has 4 aromatic rings. The molecule has 1 saturated heterocycles. The second-order valence-corrected chi connectivity index (χ2v) is 8.75. The van der Waals surface area contributed by atoms with Crippen LogP contribution in [0.3, 0.4) is 0 Å². The molecule has 36 heavy (non-hydrogen) atoms. The molecule has 1 fully saturated rings. The zero-order valence-electron chi connectivity index (χ0n) is 18.9. The van der Waals surface area contributed by atoms with Crippen molar-refractivity contribution in [2.24, 2.45) is 0 Å². The number of oxazole rings is 1. The minimum absolute atomic E-state index is 0.0979. The fraction of sp³-hybridized carbons (Fsp3) is 0.192. The third kappa shape index (κ3) is 3.94. The molecule has 0 spiro atoms. The van der Waals surface area contributed by atoms with Crippen LogP contribution >= 0.6 is 0 Å². The van der Waals surface area contributed by atoms with E-state index in [9.17, 15) is 18.0 Å². The summed E-state index contributed by atoms with van der Waals surface area (Å²) in [5, 5.41) is 2.94. The third-order valence-corrected chi connectivity index (χ3v) is 6.49. The Labute approximate surface area is 204 Å². The summed E-state index contributed by atoms with van der Waals surface area (Å²) in [5.74, 6) is 1.01. The molecule has 10 heteroatoms. The van der Waals surface area contributed by atoms with E-state index >= 15 is 0 Å². The monoisotopic (exact) mass is 491 g/mol. The molecule has 1 atom stereocenters. The lowest BCUT2D eigenvalue weighted by Gasteiger charge is -2.36. The summed E-state index contributed by atoms with van der Waals surface area (Å²) in [4.78, 5) is 25.9. The van der Waals surface area contributed by atoms with Gasteiger partial charge in [0.15, 0.2) is 18.0 Å². The number of carbonyl (C=O) groups excluding carboxylic acids is 1. The number of hydrogen-bond donors (Lipinski definition) is 1. The Hall–Kier alpha value is -4.34. The molecule has 0 radical (unpaired) electrons. The quantitative estimate of drug-likeness (QED) is 0.378. The number of halogens is 3. The molecule has 0 unspecified atom stereocenters. The van der Waals surface area contributed by atoms with E-state index in [1.165, 1.54) is 12.5 Å². The molecule has 1 N–H and O–H groups in total. The van der Waals surface area contributed by atoms with Gasteiger partial charge in [-0.25, -0.2) is 14.8 Å². The maximum absolute atomic E-state index is 13.5. The summed E-state index contributed by atoms with van der Waals surface area (Å²) < 4.78 is 45.1. The molecule has 0 saturated carbocycles. The Bertz CT molecular complexity index is 1440. The lowest BCUT2D eigenvalue weighted by Crippen LogP contribution is -2.48. The number of benzene rings is 2. The van der Waals surface area contributed by atoms with Crippen molar-refractivity contribution < 1.29 is 22.4 Å². The van der Waals surface area contributed by atoms with Crippen LogP contribution in [0.15, 0.2) is 77.7 Å². The number of pyridine rings is 1. The van der Waals surface area contributed by atoms with Gasteiger partial charge in [-0.15, -0.1) is 0 Å². The van der Waals surface area contributed by atoms with Crippen molar-refractivity contribution in [3.63, 3.8) is 0 Å². The maximum Gasteiger partial charge on any atom is 0.416 e. The van der Waals surface area contributed by atoms with E-state index in [1.54, 1.807) is 41.4 Å². The number of fused-ring (bicyclic) bond motifs is 4. The highest BCUT2D eigenvalue weighted by molar-refractivity contribution is 6.05. The van der Waals surface area contributed by atoms with Crippen LogP contribution in [0.5, 0.6) is 0 Å². The average Bonchev–Trinajstić information content (AvgIpc) is 3.55. The molecule has 2 aromatic heterocycles. The van der Waals surface area contributed by atoms with E-state index in [-0.39, 0.29) is 12.1 Å². The van der Waals surface area contributed by atoms with Gasteiger partial charge in [0, 0.05) is 29.9 Å². The van der Waals surface area contributed by atoms with Crippen LogP contribution < -0.4 is 15.1 Å². The van der Waals surface area contributed by atoms with Crippen LogP contribution in [0.1, 0.15) is 12.0 Å². The second kappa shape index (κ2) is 8.40. The van der Waals surface area contributed by atoms with E-state index in [0.29, 0.717) is 35.1 Å². The number of carbonyl (C=O) groups is 1. The first kappa shape index (κ1) is 22.1. The Morgan fingerprint density at radius 2 is 1.89 bits per heavy atom. The van der Waals surface area contributed by atoms with Gasteiger partial charge in [0.05, 0.1) is 29.2 Å². The highest BCUT2D eigenvalue weighted by atomic mass is 19.4. The molecule has 2 aliphatic heterocycles. The number of urea groups is 1. The van der Waals surface area contributed by atoms with E-state index in [4.69, 9.17) is 4.42 Å². The van der Waals surface area contributed by atoms with Gasteiger partial charge in [-0.05, 0) is 42.8 Å². The van der Waals surface area contributed by atoms with Crippen LogP contribution in [0.4, 0.5) is 35.2 Å². The highest BCUT2D eigenvalue weighted by Gasteiger charge is 2.40. The Kier molecular flexibility index (Phi) is 5.17. The Balaban J connectivity index is 1.34. The number of nitrogens with zero attached hydrogens (tertiary/aromatic N) is 4. The van der Waals surface area contributed by atoms with Crippen molar-refractivity contribution >= 4 is 23.2 Å². The average molecular weight is 491 g/mol. The molecular formula is C26H20F3N5O2. The zero-order valence-corrected chi connectivity index (χ0v) is 18.9. The predicted octanol–water partition coefficient (Wildman–Crippen LogP) is 6.05. The number of amides is 2. The molecule has 6 rings (SSSR count). The van der Waals surface area contributed by atoms with E-state index in [1.807, 2.05) is 12.1 Å². The Morgan fingerprint density at radius 1 is 1.06 bits per heavy atom. The summed E-state index contributed by atoms with van der Waals surface area (Å²) in [6.45, 7) is 1.44. The smallest absolute Gasteiger partial charge is 0.416 e. The van der Waals surface area contributed by atoms with E-state index in [0.717, 1.165) is 36.3 Å². The van der Waals surface area contributed by atoms with Crippen molar-refractivity contribution in [1.82, 2.24) is 9.97 Å². The van der Waals surface area contributed by atoms with Gasteiger partial charge in [0.1, 0.15) is 0 Å². The largest absolute Gasteiger partial charge is 0.444 e. The summed E-state index contributed by atoms with van der Waals surface area (Å²) in [6, 6.07) is 15.3. The van der Waals surface area contributed by atoms with Crippen LogP contribution in [0, 0.1) is 0 Å². The Morgan fingerprint density at radius 3 is 2.69 bits per heavy atom. The van der Waals surface area contributed by atoms with E-state index < -0.39 is 11.7 Å². The van der Waals surface area contributed by atoms with Gasteiger partial charge < -0.3 is 14.6 Å². The minimum Gasteiger partial charge on any atom is -0.444 e. The first-order valence-corrected chi connectivity index (χ1v) is 11.4. The molecule has 4 heterocycles.